The Morgan fingerprint density at radius 1 is 1.25 bits per heavy atom. The number of aromatic nitrogens is 2. The first-order chi connectivity index (χ1) is 13.5. The normalized spacial score (nSPS) is 10.7. The summed E-state index contributed by atoms with van der Waals surface area (Å²) < 4.78 is 8.61. The van der Waals surface area contributed by atoms with Crippen LogP contribution in [0.15, 0.2) is 59.2 Å². The first kappa shape index (κ1) is 20.4. The molecule has 2 aromatic carbocycles. The largest absolute Gasteiger partial charge is 0.487 e. The van der Waals surface area contributed by atoms with E-state index >= 15 is 0 Å². The van der Waals surface area contributed by atoms with Crippen molar-refractivity contribution in [3.63, 3.8) is 0 Å². The lowest BCUT2D eigenvalue weighted by atomic mass is 10.1. The molecule has 0 aliphatic carbocycles. The smallest absolute Gasteiger partial charge is 0.251 e. The van der Waals surface area contributed by atoms with E-state index in [0.29, 0.717) is 29.5 Å². The molecule has 146 valence electrons. The Balaban J connectivity index is 1.48. The van der Waals surface area contributed by atoms with Crippen LogP contribution in [0.2, 0.25) is 5.02 Å². The van der Waals surface area contributed by atoms with Crippen molar-refractivity contribution in [2.24, 2.45) is 0 Å². The molecule has 0 unspecified atom stereocenters. The second-order valence-electron chi connectivity index (χ2n) is 6.35. The maximum absolute atomic E-state index is 12.4. The minimum absolute atomic E-state index is 0.0996. The molecule has 1 aromatic heterocycles. The number of hydrogen-bond donors (Lipinski definition) is 1. The Hall–Kier alpha value is -2.31. The zero-order valence-electron chi connectivity index (χ0n) is 15.5. The highest BCUT2D eigenvalue weighted by Crippen LogP contribution is 2.24. The average Bonchev–Trinajstić information content (AvgIpc) is 3.02. The highest BCUT2D eigenvalue weighted by atomic mass is 79.9. The van der Waals surface area contributed by atoms with Gasteiger partial charge in [-0.05, 0) is 59.1 Å². The third kappa shape index (κ3) is 5.59. The summed E-state index contributed by atoms with van der Waals surface area (Å²) in [5.74, 6) is 0.525. The number of rotatable bonds is 8. The van der Waals surface area contributed by atoms with Gasteiger partial charge in [0.05, 0.1) is 15.2 Å². The molecule has 0 saturated carbocycles. The van der Waals surface area contributed by atoms with E-state index in [4.69, 9.17) is 16.3 Å². The summed E-state index contributed by atoms with van der Waals surface area (Å²) in [5, 5.41) is 7.89. The second kappa shape index (κ2) is 9.75. The van der Waals surface area contributed by atoms with Gasteiger partial charge in [0.2, 0.25) is 0 Å². The molecule has 0 spiro atoms. The number of hydrogen-bond acceptors (Lipinski definition) is 3. The van der Waals surface area contributed by atoms with Gasteiger partial charge in [0, 0.05) is 24.8 Å². The van der Waals surface area contributed by atoms with Crippen molar-refractivity contribution in [1.82, 2.24) is 15.1 Å². The third-order valence-electron chi connectivity index (χ3n) is 4.16. The van der Waals surface area contributed by atoms with Gasteiger partial charge in [-0.1, -0.05) is 35.9 Å². The first-order valence-corrected chi connectivity index (χ1v) is 10.1. The number of benzene rings is 2. The van der Waals surface area contributed by atoms with Gasteiger partial charge in [0.25, 0.3) is 5.91 Å². The van der Waals surface area contributed by atoms with Gasteiger partial charge in [-0.3, -0.25) is 9.48 Å². The molecule has 28 heavy (non-hydrogen) atoms. The van der Waals surface area contributed by atoms with Crippen LogP contribution in [-0.4, -0.2) is 22.2 Å². The van der Waals surface area contributed by atoms with Crippen LogP contribution in [0.25, 0.3) is 0 Å². The molecular formula is C21H21BrClN3O2. The van der Waals surface area contributed by atoms with Crippen LogP contribution >= 0.6 is 27.5 Å². The summed E-state index contributed by atoms with van der Waals surface area (Å²) in [6.45, 7) is 3.62. The molecule has 1 amide bonds. The molecule has 1 N–H and O–H groups in total. The van der Waals surface area contributed by atoms with E-state index in [9.17, 15) is 4.79 Å². The predicted molar refractivity (Wildman–Crippen MR) is 114 cm³/mol. The number of nitrogens with one attached hydrogen (secondary N) is 1. The van der Waals surface area contributed by atoms with Crippen molar-refractivity contribution < 1.29 is 9.53 Å². The van der Waals surface area contributed by atoms with Crippen LogP contribution in [0.4, 0.5) is 0 Å². The summed E-state index contributed by atoms with van der Waals surface area (Å²) in [4.78, 5) is 12.4. The van der Waals surface area contributed by atoms with E-state index in [1.165, 1.54) is 0 Å². The summed E-state index contributed by atoms with van der Waals surface area (Å²) in [7, 11) is 0. The highest BCUT2D eigenvalue weighted by Gasteiger charge is 2.07. The Bertz CT molecular complexity index is 939. The maximum atomic E-state index is 12.4. The molecule has 5 nitrogen and oxygen atoms in total. The molecule has 1 heterocycles. The Morgan fingerprint density at radius 2 is 2.07 bits per heavy atom. The zero-order chi connectivity index (χ0) is 19.9. The molecular weight excluding hydrogens is 442 g/mol. The lowest BCUT2D eigenvalue weighted by molar-refractivity contribution is 0.0952. The molecule has 0 bridgehead atoms. The topological polar surface area (TPSA) is 56.2 Å². The fourth-order valence-corrected chi connectivity index (χ4v) is 3.18. The molecule has 0 fully saturated rings. The van der Waals surface area contributed by atoms with Crippen molar-refractivity contribution in [2.45, 2.75) is 26.5 Å². The van der Waals surface area contributed by atoms with Gasteiger partial charge in [-0.15, -0.1) is 0 Å². The molecule has 3 rings (SSSR count). The summed E-state index contributed by atoms with van der Waals surface area (Å²) in [6.07, 6.45) is 2.74. The second-order valence-corrected chi connectivity index (χ2v) is 7.62. The zero-order valence-corrected chi connectivity index (χ0v) is 17.8. The van der Waals surface area contributed by atoms with Gasteiger partial charge in [-0.25, -0.2) is 0 Å². The standard InChI is InChI=1S/C21H21BrClN3O2/c1-15-18(22)13-26(25-15)11-5-10-24-21(27)17-7-4-6-16(12-17)14-28-20-9-3-2-8-19(20)23/h2-4,6-9,12-13H,5,10-11,14H2,1H3,(H,24,27). The van der Waals surface area contributed by atoms with Crippen LogP contribution in [0.1, 0.15) is 28.0 Å². The fraction of sp³-hybridized carbons (Fsp3) is 0.238. The molecule has 7 heteroatoms. The van der Waals surface area contributed by atoms with Gasteiger partial charge < -0.3 is 10.1 Å². The van der Waals surface area contributed by atoms with Gasteiger partial charge in [-0.2, -0.15) is 5.10 Å². The molecule has 0 saturated heterocycles. The summed E-state index contributed by atoms with van der Waals surface area (Å²) >= 11 is 9.55. The fourth-order valence-electron chi connectivity index (χ4n) is 2.68. The predicted octanol–water partition coefficient (Wildman–Crippen LogP) is 5.01. The van der Waals surface area contributed by atoms with Crippen molar-refractivity contribution >= 4 is 33.4 Å². The van der Waals surface area contributed by atoms with Crippen LogP contribution < -0.4 is 10.1 Å². The first-order valence-electron chi connectivity index (χ1n) is 8.97. The third-order valence-corrected chi connectivity index (χ3v) is 5.25. The van der Waals surface area contributed by atoms with Crippen LogP contribution in [-0.2, 0) is 13.2 Å². The lowest BCUT2D eigenvalue weighted by Crippen LogP contribution is -2.25. The quantitative estimate of drug-likeness (QED) is 0.479. The highest BCUT2D eigenvalue weighted by molar-refractivity contribution is 9.10. The van der Waals surface area contributed by atoms with Crippen LogP contribution in [0.5, 0.6) is 5.75 Å². The number of halogens is 2. The minimum Gasteiger partial charge on any atom is -0.487 e. The number of carbonyl (C=O) groups is 1. The van der Waals surface area contributed by atoms with E-state index in [1.807, 2.05) is 54.2 Å². The number of carbonyl (C=O) groups excluding carboxylic acids is 1. The number of aryl methyl sites for hydroxylation is 2. The molecule has 3 aromatic rings. The maximum Gasteiger partial charge on any atom is 0.251 e. The summed E-state index contributed by atoms with van der Waals surface area (Å²) in [5.41, 5.74) is 2.47. The van der Waals surface area contributed by atoms with Crippen molar-refractivity contribution in [2.75, 3.05) is 6.54 Å². The summed E-state index contributed by atoms with van der Waals surface area (Å²) in [6, 6.07) is 14.7. The number of nitrogens with zero attached hydrogens (tertiary/aromatic N) is 2. The monoisotopic (exact) mass is 461 g/mol. The minimum atomic E-state index is -0.0996. The number of amides is 1. The number of ether oxygens (including phenoxy) is 1. The van der Waals surface area contributed by atoms with Gasteiger partial charge in [0.15, 0.2) is 0 Å². The Kier molecular flexibility index (Phi) is 7.12. The van der Waals surface area contributed by atoms with Crippen molar-refractivity contribution in [3.8, 4) is 5.75 Å². The Labute approximate surface area is 177 Å². The number of para-hydroxylation sites is 1. The molecule has 0 radical (unpaired) electrons. The van der Waals surface area contributed by atoms with E-state index in [2.05, 4.69) is 26.3 Å². The van der Waals surface area contributed by atoms with E-state index in [1.54, 1.807) is 12.1 Å². The van der Waals surface area contributed by atoms with Gasteiger partial charge >= 0.3 is 0 Å². The van der Waals surface area contributed by atoms with Gasteiger partial charge in [0.1, 0.15) is 12.4 Å². The SMILES string of the molecule is Cc1nn(CCCNC(=O)c2cccc(COc3ccccc3Cl)c2)cc1Br. The molecule has 0 aliphatic rings. The van der Waals surface area contributed by atoms with E-state index in [0.717, 1.165) is 28.7 Å². The molecule has 0 aliphatic heterocycles. The lowest BCUT2D eigenvalue weighted by Gasteiger charge is -2.10. The van der Waals surface area contributed by atoms with Crippen LogP contribution in [0, 0.1) is 6.92 Å². The molecule has 0 atom stereocenters. The average molecular weight is 463 g/mol. The Morgan fingerprint density at radius 3 is 2.82 bits per heavy atom. The van der Waals surface area contributed by atoms with Crippen LogP contribution in [0.3, 0.4) is 0 Å². The van der Waals surface area contributed by atoms with Crippen molar-refractivity contribution in [1.29, 1.82) is 0 Å². The van der Waals surface area contributed by atoms with E-state index < -0.39 is 0 Å². The van der Waals surface area contributed by atoms with E-state index in [-0.39, 0.29) is 5.91 Å². The van der Waals surface area contributed by atoms with Crippen molar-refractivity contribution in [3.05, 3.63) is 81.0 Å².